The first-order valence-corrected chi connectivity index (χ1v) is 6.47. The fourth-order valence-corrected chi connectivity index (χ4v) is 2.55. The van der Waals surface area contributed by atoms with E-state index in [1.165, 1.54) is 6.92 Å². The lowest BCUT2D eigenvalue weighted by molar-refractivity contribution is -0.150. The van der Waals surface area contributed by atoms with E-state index in [2.05, 4.69) is 0 Å². The molecular formula is C14H14F3NO3. The second-order valence-electron chi connectivity index (χ2n) is 5.24. The van der Waals surface area contributed by atoms with Crippen LogP contribution < -0.4 is 0 Å². The number of carboxylic acids is 1. The van der Waals surface area contributed by atoms with Crippen molar-refractivity contribution in [1.29, 1.82) is 0 Å². The van der Waals surface area contributed by atoms with E-state index in [1.54, 1.807) is 0 Å². The molecule has 1 N–H and O–H groups in total. The Kier molecular flexibility index (Phi) is 3.93. The molecule has 1 atom stereocenters. The molecule has 1 fully saturated rings. The fourth-order valence-electron chi connectivity index (χ4n) is 2.55. The Bertz CT molecular complexity index is 582. The van der Waals surface area contributed by atoms with E-state index in [0.717, 1.165) is 4.90 Å². The SMILES string of the molecule is CC1(C(=O)O)CCCCN1C(=O)c1c(F)cc(F)cc1F. The maximum absolute atomic E-state index is 13.7. The third-order valence-corrected chi connectivity index (χ3v) is 3.82. The average Bonchev–Trinajstić information content (AvgIpc) is 2.37. The third kappa shape index (κ3) is 2.59. The number of halogens is 3. The normalized spacial score (nSPS) is 22.2. The molecule has 1 unspecified atom stereocenters. The fraction of sp³-hybridized carbons (Fsp3) is 0.429. The molecule has 114 valence electrons. The molecule has 4 nitrogen and oxygen atoms in total. The Balaban J connectivity index is 2.45. The monoisotopic (exact) mass is 301 g/mol. The van der Waals surface area contributed by atoms with Gasteiger partial charge in [0.05, 0.1) is 0 Å². The average molecular weight is 301 g/mol. The molecule has 0 spiro atoms. The summed E-state index contributed by atoms with van der Waals surface area (Å²) in [6.07, 6.45) is 1.33. The molecule has 0 aromatic heterocycles. The van der Waals surface area contributed by atoms with Crippen LogP contribution >= 0.6 is 0 Å². The van der Waals surface area contributed by atoms with E-state index in [4.69, 9.17) is 0 Å². The van der Waals surface area contributed by atoms with Crippen LogP contribution in [0.5, 0.6) is 0 Å². The maximum atomic E-state index is 13.7. The van der Waals surface area contributed by atoms with Crippen molar-refractivity contribution in [3.8, 4) is 0 Å². The van der Waals surface area contributed by atoms with Crippen molar-refractivity contribution < 1.29 is 27.9 Å². The Hall–Kier alpha value is -2.05. The van der Waals surface area contributed by atoms with Gasteiger partial charge in [-0.15, -0.1) is 0 Å². The van der Waals surface area contributed by atoms with Gasteiger partial charge in [-0.2, -0.15) is 0 Å². The minimum Gasteiger partial charge on any atom is -0.480 e. The zero-order valence-corrected chi connectivity index (χ0v) is 11.3. The van der Waals surface area contributed by atoms with Crippen molar-refractivity contribution in [3.63, 3.8) is 0 Å². The highest BCUT2D eigenvalue weighted by Gasteiger charge is 2.45. The maximum Gasteiger partial charge on any atom is 0.329 e. The summed E-state index contributed by atoms with van der Waals surface area (Å²) in [5, 5.41) is 9.31. The van der Waals surface area contributed by atoms with Crippen LogP contribution in [0.2, 0.25) is 0 Å². The number of carboxylic acid groups (broad SMARTS) is 1. The van der Waals surface area contributed by atoms with Gasteiger partial charge in [-0.25, -0.2) is 18.0 Å². The largest absolute Gasteiger partial charge is 0.480 e. The van der Waals surface area contributed by atoms with E-state index >= 15 is 0 Å². The molecule has 21 heavy (non-hydrogen) atoms. The predicted octanol–water partition coefficient (Wildman–Crippen LogP) is 2.57. The molecule has 0 aliphatic carbocycles. The summed E-state index contributed by atoms with van der Waals surface area (Å²) in [4.78, 5) is 24.7. The lowest BCUT2D eigenvalue weighted by atomic mass is 9.87. The topological polar surface area (TPSA) is 57.6 Å². The Morgan fingerprint density at radius 3 is 2.29 bits per heavy atom. The molecule has 0 saturated carbocycles. The van der Waals surface area contributed by atoms with Gasteiger partial charge in [0.25, 0.3) is 5.91 Å². The highest BCUT2D eigenvalue weighted by atomic mass is 19.1. The molecule has 0 radical (unpaired) electrons. The van der Waals surface area contributed by atoms with E-state index < -0.39 is 40.4 Å². The van der Waals surface area contributed by atoms with Gasteiger partial charge in [0.1, 0.15) is 28.6 Å². The summed E-state index contributed by atoms with van der Waals surface area (Å²) in [6.45, 7) is 1.42. The number of carbonyl (C=O) groups is 2. The standard InChI is InChI=1S/C14H14F3NO3/c1-14(13(20)21)4-2-3-5-18(14)12(19)11-9(16)6-8(15)7-10(11)17/h6-7H,2-5H2,1H3,(H,20,21). The summed E-state index contributed by atoms with van der Waals surface area (Å²) in [6, 6.07) is 0.802. The first kappa shape index (κ1) is 15.3. The van der Waals surface area contributed by atoms with Crippen LogP contribution in [0.25, 0.3) is 0 Å². The summed E-state index contributed by atoms with van der Waals surface area (Å²) in [7, 11) is 0. The lowest BCUT2D eigenvalue weighted by Gasteiger charge is -2.41. The van der Waals surface area contributed by atoms with Crippen molar-refractivity contribution in [1.82, 2.24) is 4.90 Å². The molecule has 7 heteroatoms. The van der Waals surface area contributed by atoms with Gasteiger partial charge in [0, 0.05) is 18.7 Å². The Morgan fingerprint density at radius 2 is 1.76 bits per heavy atom. The molecule has 2 rings (SSSR count). The summed E-state index contributed by atoms with van der Waals surface area (Å²) < 4.78 is 40.3. The van der Waals surface area contributed by atoms with E-state index in [-0.39, 0.29) is 13.0 Å². The molecule has 1 aliphatic heterocycles. The van der Waals surface area contributed by atoms with Gasteiger partial charge >= 0.3 is 5.97 Å². The number of rotatable bonds is 2. The van der Waals surface area contributed by atoms with Crippen LogP contribution in [0.4, 0.5) is 13.2 Å². The highest BCUT2D eigenvalue weighted by molar-refractivity contribution is 5.98. The first-order valence-electron chi connectivity index (χ1n) is 6.47. The number of aliphatic carboxylic acids is 1. The Labute approximate surface area is 119 Å². The van der Waals surface area contributed by atoms with Crippen LogP contribution in [-0.2, 0) is 4.79 Å². The molecule has 1 amide bonds. The van der Waals surface area contributed by atoms with E-state index in [1.807, 2.05) is 0 Å². The zero-order chi connectivity index (χ0) is 15.8. The molecular weight excluding hydrogens is 287 g/mol. The number of benzene rings is 1. The minimum atomic E-state index is -1.53. The molecule has 1 saturated heterocycles. The second-order valence-corrected chi connectivity index (χ2v) is 5.24. The van der Waals surface area contributed by atoms with Crippen LogP contribution in [0.3, 0.4) is 0 Å². The number of likely N-dealkylation sites (tertiary alicyclic amines) is 1. The van der Waals surface area contributed by atoms with E-state index in [9.17, 15) is 27.9 Å². The Morgan fingerprint density at radius 1 is 1.19 bits per heavy atom. The third-order valence-electron chi connectivity index (χ3n) is 3.82. The predicted molar refractivity (Wildman–Crippen MR) is 67.2 cm³/mol. The van der Waals surface area contributed by atoms with Gasteiger partial charge in [-0.3, -0.25) is 4.79 Å². The smallest absolute Gasteiger partial charge is 0.329 e. The van der Waals surface area contributed by atoms with Crippen molar-refractivity contribution in [2.45, 2.75) is 31.7 Å². The number of amides is 1. The molecule has 0 bridgehead atoms. The van der Waals surface area contributed by atoms with Gasteiger partial charge in [-0.1, -0.05) is 0 Å². The van der Waals surface area contributed by atoms with E-state index in [0.29, 0.717) is 25.0 Å². The van der Waals surface area contributed by atoms with Gasteiger partial charge in [-0.05, 0) is 26.2 Å². The van der Waals surface area contributed by atoms with Crippen molar-refractivity contribution in [2.24, 2.45) is 0 Å². The van der Waals surface area contributed by atoms with Crippen LogP contribution in [0.1, 0.15) is 36.5 Å². The number of hydrogen-bond acceptors (Lipinski definition) is 2. The highest BCUT2D eigenvalue weighted by Crippen LogP contribution is 2.31. The molecule has 1 heterocycles. The minimum absolute atomic E-state index is 0.0812. The molecule has 1 aliphatic rings. The van der Waals surface area contributed by atoms with Crippen molar-refractivity contribution in [3.05, 3.63) is 35.1 Å². The number of hydrogen-bond donors (Lipinski definition) is 1. The number of piperidine rings is 1. The summed E-state index contributed by atoms with van der Waals surface area (Å²) in [5.41, 5.74) is -2.45. The molecule has 1 aromatic carbocycles. The quantitative estimate of drug-likeness (QED) is 0.913. The van der Waals surface area contributed by atoms with Gasteiger partial charge in [0.15, 0.2) is 0 Å². The van der Waals surface area contributed by atoms with Crippen LogP contribution in [0.15, 0.2) is 12.1 Å². The summed E-state index contributed by atoms with van der Waals surface area (Å²) in [5.74, 6) is -6.12. The second kappa shape index (κ2) is 5.38. The number of carbonyl (C=O) groups excluding carboxylic acids is 1. The molecule has 1 aromatic rings. The van der Waals surface area contributed by atoms with Crippen LogP contribution in [0, 0.1) is 17.5 Å². The zero-order valence-electron chi connectivity index (χ0n) is 11.3. The first-order chi connectivity index (χ1) is 9.77. The lowest BCUT2D eigenvalue weighted by Crippen LogP contribution is -2.57. The summed E-state index contributed by atoms with van der Waals surface area (Å²) >= 11 is 0. The van der Waals surface area contributed by atoms with Gasteiger partial charge < -0.3 is 10.0 Å². The van der Waals surface area contributed by atoms with Crippen molar-refractivity contribution in [2.75, 3.05) is 6.54 Å². The van der Waals surface area contributed by atoms with Gasteiger partial charge in [0.2, 0.25) is 0 Å². The number of nitrogens with zero attached hydrogens (tertiary/aromatic N) is 1. The van der Waals surface area contributed by atoms with Crippen molar-refractivity contribution >= 4 is 11.9 Å². The van der Waals surface area contributed by atoms with Crippen LogP contribution in [-0.4, -0.2) is 34.0 Å².